The third-order valence-electron chi connectivity index (χ3n) is 2.60. The first kappa shape index (κ1) is 14.0. The van der Waals surface area contributed by atoms with Crippen LogP contribution in [0.4, 0.5) is 5.69 Å². The maximum Gasteiger partial charge on any atom is 0.335 e. The van der Waals surface area contributed by atoms with Gasteiger partial charge in [-0.2, -0.15) is 0 Å². The molecule has 0 fully saturated rings. The molecule has 2 aromatic rings. The molecule has 1 unspecified atom stereocenters. The van der Waals surface area contributed by atoms with Crippen LogP contribution in [0.15, 0.2) is 28.1 Å². The van der Waals surface area contributed by atoms with Crippen LogP contribution in [-0.2, 0) is 0 Å². The number of aromatic nitrogens is 1. The zero-order valence-electron chi connectivity index (χ0n) is 10.5. The summed E-state index contributed by atoms with van der Waals surface area (Å²) in [5.41, 5.74) is 2.12. The summed E-state index contributed by atoms with van der Waals surface area (Å²) < 4.78 is 0.729. The summed E-state index contributed by atoms with van der Waals surface area (Å²) in [5, 5.41) is 15.2. The van der Waals surface area contributed by atoms with Crippen LogP contribution in [0.3, 0.4) is 0 Å². The van der Waals surface area contributed by atoms with Crippen molar-refractivity contribution >= 4 is 38.9 Å². The van der Waals surface area contributed by atoms with E-state index in [1.54, 1.807) is 29.5 Å². The average molecular weight is 341 g/mol. The van der Waals surface area contributed by atoms with Crippen molar-refractivity contribution in [3.63, 3.8) is 0 Å². The van der Waals surface area contributed by atoms with Gasteiger partial charge in [-0.25, -0.2) is 9.78 Å². The molecule has 6 heteroatoms. The van der Waals surface area contributed by atoms with Gasteiger partial charge in [-0.15, -0.1) is 11.3 Å². The summed E-state index contributed by atoms with van der Waals surface area (Å²) >= 11 is 4.99. The molecule has 1 aromatic carbocycles. The van der Waals surface area contributed by atoms with Crippen molar-refractivity contribution in [2.45, 2.75) is 19.9 Å². The van der Waals surface area contributed by atoms with E-state index < -0.39 is 5.97 Å². The number of nitrogens with one attached hydrogen (secondary N) is 1. The fourth-order valence-corrected chi connectivity index (χ4v) is 2.93. The van der Waals surface area contributed by atoms with E-state index in [4.69, 9.17) is 5.11 Å². The van der Waals surface area contributed by atoms with Crippen LogP contribution in [0.25, 0.3) is 0 Å². The normalized spacial score (nSPS) is 12.2. The maximum atomic E-state index is 10.9. The van der Waals surface area contributed by atoms with E-state index in [0.29, 0.717) is 0 Å². The van der Waals surface area contributed by atoms with Crippen molar-refractivity contribution in [2.24, 2.45) is 0 Å². The second kappa shape index (κ2) is 5.71. The molecule has 0 bridgehead atoms. The summed E-state index contributed by atoms with van der Waals surface area (Å²) in [6, 6.07) is 5.00. The Morgan fingerprint density at radius 1 is 1.53 bits per heavy atom. The molecule has 1 heterocycles. The number of hydrogen-bond donors (Lipinski definition) is 2. The van der Waals surface area contributed by atoms with E-state index >= 15 is 0 Å². The van der Waals surface area contributed by atoms with E-state index in [1.165, 1.54) is 0 Å². The number of rotatable bonds is 4. The summed E-state index contributed by atoms with van der Waals surface area (Å²) in [6.45, 7) is 3.99. The summed E-state index contributed by atoms with van der Waals surface area (Å²) in [4.78, 5) is 15.3. The zero-order valence-corrected chi connectivity index (χ0v) is 12.9. The van der Waals surface area contributed by atoms with Crippen molar-refractivity contribution < 1.29 is 9.90 Å². The van der Waals surface area contributed by atoms with Gasteiger partial charge < -0.3 is 10.4 Å². The average Bonchev–Trinajstić information content (AvgIpc) is 2.78. The third-order valence-corrected chi connectivity index (χ3v) is 4.40. The highest BCUT2D eigenvalue weighted by atomic mass is 79.9. The van der Waals surface area contributed by atoms with Gasteiger partial charge in [0.05, 0.1) is 11.6 Å². The van der Waals surface area contributed by atoms with E-state index in [2.05, 4.69) is 26.2 Å². The highest BCUT2D eigenvalue weighted by molar-refractivity contribution is 9.10. The Balaban J connectivity index is 2.17. The molecular weight excluding hydrogens is 328 g/mol. The highest BCUT2D eigenvalue weighted by Crippen LogP contribution is 2.28. The minimum Gasteiger partial charge on any atom is -0.478 e. The fourth-order valence-electron chi connectivity index (χ4n) is 1.63. The lowest BCUT2D eigenvalue weighted by Gasteiger charge is -2.14. The predicted octanol–water partition coefficient (Wildman–Crippen LogP) is 4.09. The quantitative estimate of drug-likeness (QED) is 0.879. The molecule has 0 aliphatic heterocycles. The molecular formula is C13H13BrN2O2S. The van der Waals surface area contributed by atoms with Gasteiger partial charge in [0.1, 0.15) is 5.01 Å². The standard InChI is InChI=1S/C13H13BrN2O2S/c1-7-6-19-12(15-7)8(2)16-11-4-3-9(13(17)18)5-10(11)14/h3-6,8,16H,1-2H3,(H,17,18). The molecule has 1 atom stereocenters. The third kappa shape index (κ3) is 3.33. The van der Waals surface area contributed by atoms with Gasteiger partial charge in [-0.1, -0.05) is 0 Å². The van der Waals surface area contributed by atoms with Crippen molar-refractivity contribution in [1.29, 1.82) is 0 Å². The molecule has 2 N–H and O–H groups in total. The molecule has 0 spiro atoms. The lowest BCUT2D eigenvalue weighted by atomic mass is 10.2. The number of hydrogen-bond acceptors (Lipinski definition) is 4. The van der Waals surface area contributed by atoms with Gasteiger partial charge in [0.2, 0.25) is 0 Å². The van der Waals surface area contributed by atoms with E-state index in [1.807, 2.05) is 19.2 Å². The van der Waals surface area contributed by atoms with E-state index in [9.17, 15) is 4.79 Å². The van der Waals surface area contributed by atoms with E-state index in [0.717, 1.165) is 20.9 Å². The molecule has 4 nitrogen and oxygen atoms in total. The van der Waals surface area contributed by atoms with Crippen LogP contribution in [0, 0.1) is 6.92 Å². The number of benzene rings is 1. The van der Waals surface area contributed by atoms with E-state index in [-0.39, 0.29) is 11.6 Å². The monoisotopic (exact) mass is 340 g/mol. The second-order valence-electron chi connectivity index (χ2n) is 4.19. The Bertz CT molecular complexity index is 612. The summed E-state index contributed by atoms with van der Waals surface area (Å²) in [6.07, 6.45) is 0. The van der Waals surface area contributed by atoms with Gasteiger partial charge in [0, 0.05) is 21.2 Å². The molecule has 0 aliphatic rings. The number of anilines is 1. The predicted molar refractivity (Wildman–Crippen MR) is 80.0 cm³/mol. The van der Waals surface area contributed by atoms with Gasteiger partial charge in [-0.3, -0.25) is 0 Å². The smallest absolute Gasteiger partial charge is 0.335 e. The van der Waals surface area contributed by atoms with Gasteiger partial charge in [-0.05, 0) is 48.0 Å². The van der Waals surface area contributed by atoms with Crippen LogP contribution in [0.1, 0.15) is 34.0 Å². The largest absolute Gasteiger partial charge is 0.478 e. The second-order valence-corrected chi connectivity index (χ2v) is 5.94. The fraction of sp³-hybridized carbons (Fsp3) is 0.231. The maximum absolute atomic E-state index is 10.9. The van der Waals surface area contributed by atoms with Crippen LogP contribution < -0.4 is 5.32 Å². The molecule has 0 aliphatic carbocycles. The number of halogens is 1. The topological polar surface area (TPSA) is 62.2 Å². The van der Waals surface area contributed by atoms with Gasteiger partial charge in [0.15, 0.2) is 0 Å². The number of aromatic carboxylic acids is 1. The molecule has 0 radical (unpaired) electrons. The Hall–Kier alpha value is -1.40. The lowest BCUT2D eigenvalue weighted by Crippen LogP contribution is -2.07. The summed E-state index contributed by atoms with van der Waals surface area (Å²) in [5.74, 6) is -0.934. The molecule has 1 aromatic heterocycles. The molecule has 100 valence electrons. The first-order chi connectivity index (χ1) is 8.97. The number of carboxylic acid groups (broad SMARTS) is 1. The van der Waals surface area contributed by atoms with Crippen LogP contribution in [0.2, 0.25) is 0 Å². The molecule has 0 amide bonds. The molecule has 2 rings (SSSR count). The van der Waals surface area contributed by atoms with Crippen molar-refractivity contribution in [1.82, 2.24) is 4.98 Å². The first-order valence-corrected chi connectivity index (χ1v) is 7.36. The Morgan fingerprint density at radius 2 is 2.26 bits per heavy atom. The lowest BCUT2D eigenvalue weighted by molar-refractivity contribution is 0.0697. The van der Waals surface area contributed by atoms with Crippen molar-refractivity contribution in [3.05, 3.63) is 44.3 Å². The Labute approximate surface area is 123 Å². The number of aryl methyl sites for hydroxylation is 1. The number of carboxylic acids is 1. The van der Waals surface area contributed by atoms with Crippen molar-refractivity contribution in [3.8, 4) is 0 Å². The van der Waals surface area contributed by atoms with Crippen LogP contribution >= 0.6 is 27.3 Å². The van der Waals surface area contributed by atoms with Crippen LogP contribution in [-0.4, -0.2) is 16.1 Å². The molecule has 0 saturated heterocycles. The summed E-state index contributed by atoms with van der Waals surface area (Å²) in [7, 11) is 0. The zero-order chi connectivity index (χ0) is 14.0. The Morgan fingerprint density at radius 3 is 2.79 bits per heavy atom. The van der Waals surface area contributed by atoms with Gasteiger partial charge >= 0.3 is 5.97 Å². The molecule has 0 saturated carbocycles. The number of thiazole rings is 1. The van der Waals surface area contributed by atoms with Crippen molar-refractivity contribution in [2.75, 3.05) is 5.32 Å². The number of carbonyl (C=O) groups is 1. The number of nitrogens with zero attached hydrogens (tertiary/aromatic N) is 1. The highest BCUT2D eigenvalue weighted by Gasteiger charge is 2.12. The Kier molecular flexibility index (Phi) is 4.21. The van der Waals surface area contributed by atoms with Gasteiger partial charge in [0.25, 0.3) is 0 Å². The SMILES string of the molecule is Cc1csc(C(C)Nc2ccc(C(=O)O)cc2Br)n1. The molecule has 19 heavy (non-hydrogen) atoms. The van der Waals surface area contributed by atoms with Crippen LogP contribution in [0.5, 0.6) is 0 Å². The minimum absolute atomic E-state index is 0.0747. The minimum atomic E-state index is -0.934. The first-order valence-electron chi connectivity index (χ1n) is 5.69.